The number of aromatic carboxylic acids is 1. The van der Waals surface area contributed by atoms with E-state index in [0.29, 0.717) is 46.9 Å². The first-order chi connectivity index (χ1) is 19.3. The molecule has 0 fully saturated rings. The van der Waals surface area contributed by atoms with Crippen LogP contribution in [0.15, 0.2) is 57.9 Å². The standard InChI is InChI=1S/C26H27N7O6S/c27-19(33-28)2-1-9-39-20-10-16(7-8-29-20)11-30-24(35)22-31-23(34)21-18(14-40-25(21)32-22)13-38-12-15-3-5-17(6-4-15)26(36)37/h3-8,10,14H,1-2,9,11-13,28H2,(H2,27,33)(H,30,35)(H,36,37)(H,31,32,34). The minimum atomic E-state index is -0.999. The van der Waals surface area contributed by atoms with Crippen molar-refractivity contribution in [2.24, 2.45) is 16.7 Å². The summed E-state index contributed by atoms with van der Waals surface area (Å²) in [4.78, 5) is 47.9. The summed E-state index contributed by atoms with van der Waals surface area (Å²) in [7, 11) is 0. The topological polar surface area (TPSA) is 208 Å². The lowest BCUT2D eigenvalue weighted by atomic mass is 10.1. The third-order valence-corrected chi connectivity index (χ3v) is 6.63. The number of aromatic nitrogens is 3. The molecule has 4 rings (SSSR count). The van der Waals surface area contributed by atoms with Crippen molar-refractivity contribution in [2.75, 3.05) is 6.61 Å². The van der Waals surface area contributed by atoms with E-state index in [1.165, 1.54) is 23.5 Å². The van der Waals surface area contributed by atoms with Gasteiger partial charge >= 0.3 is 5.97 Å². The van der Waals surface area contributed by atoms with Crippen molar-refractivity contribution in [3.63, 3.8) is 0 Å². The van der Waals surface area contributed by atoms with Crippen LogP contribution in [0.25, 0.3) is 10.2 Å². The van der Waals surface area contributed by atoms with Crippen LogP contribution in [-0.4, -0.2) is 44.4 Å². The van der Waals surface area contributed by atoms with Crippen LogP contribution in [0.1, 0.15) is 50.5 Å². The molecule has 3 heterocycles. The molecule has 40 heavy (non-hydrogen) atoms. The van der Waals surface area contributed by atoms with Gasteiger partial charge in [0.25, 0.3) is 11.5 Å². The molecule has 0 atom stereocenters. The van der Waals surface area contributed by atoms with Crippen LogP contribution in [-0.2, 0) is 24.5 Å². The lowest BCUT2D eigenvalue weighted by Crippen LogP contribution is -2.27. The van der Waals surface area contributed by atoms with Gasteiger partial charge in [0.05, 0.1) is 30.8 Å². The number of fused-ring (bicyclic) bond motifs is 1. The minimum Gasteiger partial charge on any atom is -0.478 e. The maximum absolute atomic E-state index is 12.8. The Morgan fingerprint density at radius 1 is 1.15 bits per heavy atom. The van der Waals surface area contributed by atoms with E-state index < -0.39 is 17.4 Å². The summed E-state index contributed by atoms with van der Waals surface area (Å²) >= 11 is 1.24. The van der Waals surface area contributed by atoms with Crippen LogP contribution in [0.4, 0.5) is 0 Å². The average Bonchev–Trinajstić information content (AvgIpc) is 3.37. The van der Waals surface area contributed by atoms with Crippen LogP contribution in [0.3, 0.4) is 0 Å². The molecule has 7 N–H and O–H groups in total. The highest BCUT2D eigenvalue weighted by molar-refractivity contribution is 7.16. The zero-order valence-corrected chi connectivity index (χ0v) is 22.1. The number of hydrogen-bond acceptors (Lipinski definition) is 10. The summed E-state index contributed by atoms with van der Waals surface area (Å²) in [6.07, 6.45) is 2.69. The van der Waals surface area contributed by atoms with Crippen LogP contribution in [0.2, 0.25) is 0 Å². The smallest absolute Gasteiger partial charge is 0.335 e. The molecule has 208 valence electrons. The van der Waals surface area contributed by atoms with Gasteiger partial charge in [-0.2, -0.15) is 5.10 Å². The maximum Gasteiger partial charge on any atom is 0.335 e. The second-order valence-corrected chi connectivity index (χ2v) is 9.47. The molecule has 1 aromatic carbocycles. The van der Waals surface area contributed by atoms with Gasteiger partial charge in [-0.15, -0.1) is 11.3 Å². The molecule has 4 aromatic rings. The van der Waals surface area contributed by atoms with Crippen LogP contribution < -0.4 is 27.2 Å². The van der Waals surface area contributed by atoms with Crippen molar-refractivity contribution in [3.05, 3.63) is 86.4 Å². The third kappa shape index (κ3) is 7.39. The first kappa shape index (κ1) is 28.2. The molecule has 0 saturated carbocycles. The number of carboxylic acid groups (broad SMARTS) is 1. The van der Waals surface area contributed by atoms with Gasteiger partial charge in [0.2, 0.25) is 11.7 Å². The van der Waals surface area contributed by atoms with Gasteiger partial charge in [-0.3, -0.25) is 9.59 Å². The van der Waals surface area contributed by atoms with E-state index in [4.69, 9.17) is 26.2 Å². The number of amidine groups is 1. The van der Waals surface area contributed by atoms with Crippen molar-refractivity contribution in [1.82, 2.24) is 20.3 Å². The second kappa shape index (κ2) is 13.3. The zero-order valence-electron chi connectivity index (χ0n) is 21.3. The number of aromatic amines is 1. The Morgan fingerprint density at radius 3 is 2.70 bits per heavy atom. The van der Waals surface area contributed by atoms with Gasteiger partial charge in [0.1, 0.15) is 10.7 Å². The van der Waals surface area contributed by atoms with Gasteiger partial charge in [-0.25, -0.2) is 14.8 Å². The number of carbonyl (C=O) groups is 2. The number of rotatable bonds is 13. The van der Waals surface area contributed by atoms with Crippen molar-refractivity contribution >= 4 is 39.3 Å². The number of amides is 1. The summed E-state index contributed by atoms with van der Waals surface area (Å²) in [6, 6.07) is 9.78. The van der Waals surface area contributed by atoms with E-state index in [-0.39, 0.29) is 31.1 Å². The Morgan fingerprint density at radius 2 is 1.95 bits per heavy atom. The van der Waals surface area contributed by atoms with Crippen LogP contribution in [0.5, 0.6) is 5.88 Å². The number of hydrogen-bond donors (Lipinski definition) is 5. The lowest BCUT2D eigenvalue weighted by molar-refractivity contribution is 0.0696. The fraction of sp³-hybridized carbons (Fsp3) is 0.231. The number of ether oxygens (including phenoxy) is 2. The van der Waals surface area contributed by atoms with E-state index in [0.717, 1.165) is 11.1 Å². The number of pyridine rings is 1. The summed E-state index contributed by atoms with van der Waals surface area (Å²) in [5.74, 6) is 4.20. The largest absolute Gasteiger partial charge is 0.478 e. The molecule has 0 saturated heterocycles. The van der Waals surface area contributed by atoms with Crippen molar-refractivity contribution in [2.45, 2.75) is 32.6 Å². The van der Waals surface area contributed by atoms with E-state index in [2.05, 4.69) is 25.4 Å². The first-order valence-corrected chi connectivity index (χ1v) is 13.0. The number of nitrogens with one attached hydrogen (secondary N) is 2. The SMILES string of the molecule is N/N=C(\N)CCCOc1cc(CNC(=O)c2nc3scc(COCc4ccc(C(=O)O)cc4)c3c(=O)[nH]2)ccn1. The predicted octanol–water partition coefficient (Wildman–Crippen LogP) is 2.11. The molecule has 0 spiro atoms. The first-order valence-electron chi connectivity index (χ1n) is 12.1. The molecular weight excluding hydrogens is 538 g/mol. The Kier molecular flexibility index (Phi) is 9.38. The van der Waals surface area contributed by atoms with E-state index in [9.17, 15) is 14.4 Å². The molecule has 1 amide bonds. The van der Waals surface area contributed by atoms with Gasteiger partial charge < -0.3 is 36.5 Å². The Bertz CT molecular complexity index is 1580. The fourth-order valence-corrected chi connectivity index (χ4v) is 4.57. The predicted molar refractivity (Wildman–Crippen MR) is 148 cm³/mol. The van der Waals surface area contributed by atoms with Crippen molar-refractivity contribution < 1.29 is 24.2 Å². The Hall–Kier alpha value is -4.82. The highest BCUT2D eigenvalue weighted by Gasteiger charge is 2.16. The monoisotopic (exact) mass is 565 g/mol. The normalized spacial score (nSPS) is 11.4. The maximum atomic E-state index is 12.8. The molecule has 0 bridgehead atoms. The number of carbonyl (C=O) groups excluding carboxylic acids is 1. The van der Waals surface area contributed by atoms with Gasteiger partial charge in [-0.05, 0) is 41.1 Å². The van der Waals surface area contributed by atoms with E-state index in [1.54, 1.807) is 35.8 Å². The zero-order chi connectivity index (χ0) is 28.5. The molecular formula is C26H27N7O6S. The third-order valence-electron chi connectivity index (χ3n) is 5.71. The fourth-order valence-electron chi connectivity index (χ4n) is 3.64. The van der Waals surface area contributed by atoms with Crippen molar-refractivity contribution in [3.8, 4) is 5.88 Å². The van der Waals surface area contributed by atoms with Crippen molar-refractivity contribution in [1.29, 1.82) is 0 Å². The summed E-state index contributed by atoms with van der Waals surface area (Å²) in [6.45, 7) is 0.932. The number of nitrogens with zero attached hydrogens (tertiary/aromatic N) is 3. The molecule has 0 unspecified atom stereocenters. The van der Waals surface area contributed by atoms with Gasteiger partial charge in [-0.1, -0.05) is 12.1 Å². The number of carboxylic acids is 1. The Labute approximate surface area is 231 Å². The average molecular weight is 566 g/mol. The second-order valence-electron chi connectivity index (χ2n) is 8.61. The van der Waals surface area contributed by atoms with Crippen LogP contribution in [0, 0.1) is 0 Å². The number of thiophene rings is 1. The molecule has 3 aromatic heterocycles. The highest BCUT2D eigenvalue weighted by Crippen LogP contribution is 2.22. The summed E-state index contributed by atoms with van der Waals surface area (Å²) in [5, 5.41) is 17.3. The number of nitrogens with two attached hydrogens (primary N) is 2. The molecule has 0 aliphatic heterocycles. The van der Waals surface area contributed by atoms with Gasteiger partial charge in [0, 0.05) is 30.8 Å². The van der Waals surface area contributed by atoms with Crippen LogP contribution >= 0.6 is 11.3 Å². The van der Waals surface area contributed by atoms with Gasteiger partial charge in [0.15, 0.2) is 0 Å². The summed E-state index contributed by atoms with van der Waals surface area (Å²) < 4.78 is 11.3. The quantitative estimate of drug-likeness (QED) is 0.0524. The van der Waals surface area contributed by atoms with E-state index >= 15 is 0 Å². The number of H-pyrrole nitrogens is 1. The van der Waals surface area contributed by atoms with E-state index in [1.807, 2.05) is 0 Å². The molecule has 13 nitrogen and oxygen atoms in total. The number of benzene rings is 1. The summed E-state index contributed by atoms with van der Waals surface area (Å²) in [5.41, 5.74) is 7.49. The number of hydrazone groups is 1. The minimum absolute atomic E-state index is 0.102. The molecule has 0 radical (unpaired) electrons. The molecule has 0 aliphatic carbocycles. The lowest BCUT2D eigenvalue weighted by Gasteiger charge is -2.08. The molecule has 14 heteroatoms. The Balaban J connectivity index is 1.32. The highest BCUT2D eigenvalue weighted by atomic mass is 32.1. The molecule has 0 aliphatic rings.